The van der Waals surface area contributed by atoms with Crippen molar-refractivity contribution in [3.05, 3.63) is 82.6 Å². The van der Waals surface area contributed by atoms with Gasteiger partial charge in [0.2, 0.25) is 5.91 Å². The molecule has 0 N–H and O–H groups in total. The van der Waals surface area contributed by atoms with Crippen molar-refractivity contribution < 1.29 is 18.3 Å². The zero-order chi connectivity index (χ0) is 28.8. The van der Waals surface area contributed by atoms with Crippen LogP contribution in [-0.2, 0) is 17.8 Å². The third kappa shape index (κ3) is 5.02. The number of aryl methyl sites for hydroxylation is 1. The fraction of sp³-hybridized carbons (Fsp3) is 0.226. The van der Waals surface area contributed by atoms with E-state index in [-0.39, 0.29) is 23.3 Å². The van der Waals surface area contributed by atoms with Gasteiger partial charge in [0.05, 0.1) is 32.9 Å². The van der Waals surface area contributed by atoms with Gasteiger partial charge in [-0.3, -0.25) is 9.78 Å². The third-order valence-electron chi connectivity index (χ3n) is 6.89. The van der Waals surface area contributed by atoms with Gasteiger partial charge in [0.1, 0.15) is 17.4 Å². The number of hydrogen-bond donors (Lipinski definition) is 0. The van der Waals surface area contributed by atoms with Crippen LogP contribution >= 0.6 is 22.7 Å². The third-order valence-corrected chi connectivity index (χ3v) is 8.74. The molecule has 0 fully saturated rings. The molecule has 0 radical (unpaired) electrons. The van der Waals surface area contributed by atoms with Crippen molar-refractivity contribution in [1.29, 1.82) is 0 Å². The standard InChI is InChI=1S/C31H26F2N4O2S2/c1-5-26(38)37-8-6-23-19(15-37)10-18(13-35-23)29-28(27-22(33)11-20(32)12-24(27)39-16(2)3)31-21(7-9-40-31)30(36-29)25-14-34-17(4)41-25/h5,7,9-14,16H,1,6,8,15H2,2-4H3. The highest BCUT2D eigenvalue weighted by Crippen LogP contribution is 2.48. The lowest BCUT2D eigenvalue weighted by molar-refractivity contribution is -0.126. The zero-order valence-corrected chi connectivity index (χ0v) is 24.3. The van der Waals surface area contributed by atoms with Crippen LogP contribution in [0.3, 0.4) is 0 Å². The van der Waals surface area contributed by atoms with Crippen LogP contribution in [0.5, 0.6) is 5.75 Å². The summed E-state index contributed by atoms with van der Waals surface area (Å²) in [6, 6.07) is 6.00. The van der Waals surface area contributed by atoms with Crippen LogP contribution in [0.2, 0.25) is 0 Å². The van der Waals surface area contributed by atoms with Crippen molar-refractivity contribution in [2.45, 2.75) is 39.8 Å². The molecule has 6 rings (SSSR count). The zero-order valence-electron chi connectivity index (χ0n) is 22.7. The normalized spacial score (nSPS) is 13.1. The lowest BCUT2D eigenvalue weighted by atomic mass is 9.94. The van der Waals surface area contributed by atoms with E-state index >= 15 is 4.39 Å². The van der Waals surface area contributed by atoms with Crippen LogP contribution < -0.4 is 4.74 Å². The fourth-order valence-electron chi connectivity index (χ4n) is 5.14. The van der Waals surface area contributed by atoms with Crippen molar-refractivity contribution in [3.63, 3.8) is 0 Å². The van der Waals surface area contributed by atoms with E-state index < -0.39 is 11.6 Å². The van der Waals surface area contributed by atoms with E-state index in [1.165, 1.54) is 34.8 Å². The number of thiophene rings is 1. The maximum absolute atomic E-state index is 15.8. The minimum atomic E-state index is -0.742. The molecule has 0 saturated heterocycles. The Labute approximate surface area is 244 Å². The number of ether oxygens (including phenoxy) is 1. The Morgan fingerprint density at radius 3 is 2.71 bits per heavy atom. The molecule has 0 bridgehead atoms. The van der Waals surface area contributed by atoms with Crippen molar-refractivity contribution in [1.82, 2.24) is 19.9 Å². The van der Waals surface area contributed by atoms with E-state index in [4.69, 9.17) is 14.7 Å². The smallest absolute Gasteiger partial charge is 0.246 e. The van der Waals surface area contributed by atoms with E-state index in [1.807, 2.05) is 38.3 Å². The van der Waals surface area contributed by atoms with Gasteiger partial charge in [-0.15, -0.1) is 22.7 Å². The van der Waals surface area contributed by atoms with Crippen LogP contribution in [-0.4, -0.2) is 38.4 Å². The molecule has 1 amide bonds. The molecule has 1 aromatic carbocycles. The Morgan fingerprint density at radius 2 is 1.98 bits per heavy atom. The number of thiazole rings is 1. The van der Waals surface area contributed by atoms with Crippen LogP contribution in [0, 0.1) is 18.6 Å². The number of halogens is 2. The minimum Gasteiger partial charge on any atom is -0.490 e. The molecule has 41 heavy (non-hydrogen) atoms. The number of amides is 1. The van der Waals surface area contributed by atoms with Gasteiger partial charge in [-0.25, -0.2) is 18.7 Å². The number of carbonyl (C=O) groups excluding carboxylic acids is 1. The van der Waals surface area contributed by atoms with Crippen LogP contribution in [0.25, 0.3) is 43.0 Å². The maximum Gasteiger partial charge on any atom is 0.246 e. The first kappa shape index (κ1) is 27.2. The number of pyridine rings is 2. The number of aromatic nitrogens is 3. The van der Waals surface area contributed by atoms with Gasteiger partial charge >= 0.3 is 0 Å². The maximum atomic E-state index is 15.8. The average molecular weight is 589 g/mol. The predicted molar refractivity (Wildman–Crippen MR) is 159 cm³/mol. The second-order valence-electron chi connectivity index (χ2n) is 10.1. The van der Waals surface area contributed by atoms with Crippen LogP contribution in [0.15, 0.2) is 54.7 Å². The summed E-state index contributed by atoms with van der Waals surface area (Å²) in [6.07, 6.45) is 5.14. The van der Waals surface area contributed by atoms with Crippen molar-refractivity contribution in [2.24, 2.45) is 0 Å². The van der Waals surface area contributed by atoms with Crippen molar-refractivity contribution in [2.75, 3.05) is 6.54 Å². The molecule has 5 heterocycles. The highest BCUT2D eigenvalue weighted by molar-refractivity contribution is 7.18. The summed E-state index contributed by atoms with van der Waals surface area (Å²) in [5.74, 6) is -1.51. The van der Waals surface area contributed by atoms with E-state index in [0.29, 0.717) is 36.3 Å². The lowest BCUT2D eigenvalue weighted by Crippen LogP contribution is -2.35. The highest BCUT2D eigenvalue weighted by Gasteiger charge is 2.27. The molecule has 5 aromatic rings. The number of carbonyl (C=O) groups is 1. The molecule has 0 saturated carbocycles. The van der Waals surface area contributed by atoms with Gasteiger partial charge in [-0.1, -0.05) is 6.58 Å². The van der Waals surface area contributed by atoms with Gasteiger partial charge in [-0.05, 0) is 49.9 Å². The molecule has 0 unspecified atom stereocenters. The molecular weight excluding hydrogens is 562 g/mol. The van der Waals surface area contributed by atoms with Gasteiger partial charge in [0.15, 0.2) is 0 Å². The van der Waals surface area contributed by atoms with Gasteiger partial charge in [-0.2, -0.15) is 0 Å². The van der Waals surface area contributed by atoms with Crippen LogP contribution in [0.4, 0.5) is 8.78 Å². The minimum absolute atomic E-state index is 0.102. The second kappa shape index (κ2) is 10.8. The predicted octanol–water partition coefficient (Wildman–Crippen LogP) is 7.59. The highest BCUT2D eigenvalue weighted by atomic mass is 32.1. The molecule has 0 spiro atoms. The number of fused-ring (bicyclic) bond motifs is 2. The van der Waals surface area contributed by atoms with Gasteiger partial charge in [0, 0.05) is 70.9 Å². The Bertz CT molecular complexity index is 1830. The topological polar surface area (TPSA) is 68.2 Å². The quantitative estimate of drug-likeness (QED) is 0.191. The number of hydrogen-bond acceptors (Lipinski definition) is 7. The SMILES string of the molecule is C=CC(=O)N1CCc2ncc(-c3nc(-c4cnc(C)s4)c4ccsc4c3-c3c(F)cc(F)cc3OC(C)C)cc2C1. The molecule has 6 nitrogen and oxygen atoms in total. The summed E-state index contributed by atoms with van der Waals surface area (Å²) in [5.41, 5.74) is 4.30. The molecule has 1 aliphatic heterocycles. The Balaban J connectivity index is 1.65. The van der Waals surface area contributed by atoms with E-state index in [1.54, 1.807) is 17.3 Å². The molecule has 208 valence electrons. The van der Waals surface area contributed by atoms with Crippen molar-refractivity contribution in [3.8, 4) is 38.7 Å². The number of rotatable bonds is 6. The first-order chi connectivity index (χ1) is 19.7. The van der Waals surface area contributed by atoms with E-state index in [0.717, 1.165) is 43.0 Å². The second-order valence-corrected chi connectivity index (χ2v) is 12.2. The summed E-state index contributed by atoms with van der Waals surface area (Å²) in [4.78, 5) is 29.3. The average Bonchev–Trinajstić information content (AvgIpc) is 3.60. The summed E-state index contributed by atoms with van der Waals surface area (Å²) < 4.78 is 37.1. The molecule has 1 aliphatic rings. The lowest BCUT2D eigenvalue weighted by Gasteiger charge is -2.27. The number of nitrogens with zero attached hydrogens (tertiary/aromatic N) is 4. The van der Waals surface area contributed by atoms with Crippen LogP contribution in [0.1, 0.15) is 30.1 Å². The van der Waals surface area contributed by atoms with Gasteiger partial charge in [0.25, 0.3) is 0 Å². The molecule has 0 aliphatic carbocycles. The van der Waals surface area contributed by atoms with Gasteiger partial charge < -0.3 is 9.64 Å². The Morgan fingerprint density at radius 1 is 1.15 bits per heavy atom. The number of benzene rings is 1. The van der Waals surface area contributed by atoms with Crippen molar-refractivity contribution >= 4 is 38.7 Å². The summed E-state index contributed by atoms with van der Waals surface area (Å²) in [5, 5.41) is 3.67. The molecule has 0 atom stereocenters. The summed E-state index contributed by atoms with van der Waals surface area (Å²) in [7, 11) is 0. The molecule has 4 aromatic heterocycles. The largest absolute Gasteiger partial charge is 0.490 e. The monoisotopic (exact) mass is 588 g/mol. The fourth-order valence-corrected chi connectivity index (χ4v) is 6.87. The molecule has 10 heteroatoms. The first-order valence-electron chi connectivity index (χ1n) is 13.1. The molecular formula is C31H26F2N4O2S2. The first-order valence-corrected chi connectivity index (χ1v) is 14.8. The Kier molecular flexibility index (Phi) is 7.13. The summed E-state index contributed by atoms with van der Waals surface area (Å²) >= 11 is 2.98. The Hall–Kier alpha value is -4.02. The van der Waals surface area contributed by atoms with E-state index in [2.05, 4.69) is 11.6 Å². The summed E-state index contributed by atoms with van der Waals surface area (Å²) in [6.45, 7) is 10.1. The van der Waals surface area contributed by atoms with E-state index in [9.17, 15) is 9.18 Å².